The molecular formula is C18H27ClN4O2. The maximum atomic E-state index is 12.5. The van der Waals surface area contributed by atoms with Crippen LogP contribution in [0.15, 0.2) is 24.3 Å². The maximum Gasteiger partial charge on any atom is 0.317 e. The van der Waals surface area contributed by atoms with E-state index in [2.05, 4.69) is 28.2 Å². The van der Waals surface area contributed by atoms with Gasteiger partial charge in [-0.1, -0.05) is 29.8 Å². The number of halogens is 1. The molecule has 2 aliphatic heterocycles. The van der Waals surface area contributed by atoms with Crippen molar-refractivity contribution >= 4 is 17.6 Å². The number of urea groups is 1. The quantitative estimate of drug-likeness (QED) is 0.880. The molecule has 0 saturated carbocycles. The van der Waals surface area contributed by atoms with Gasteiger partial charge in [0, 0.05) is 50.8 Å². The van der Waals surface area contributed by atoms with Crippen LogP contribution in [0.4, 0.5) is 4.79 Å². The van der Waals surface area contributed by atoms with E-state index in [9.17, 15) is 4.79 Å². The van der Waals surface area contributed by atoms with Crippen LogP contribution in [0.2, 0.25) is 5.02 Å². The van der Waals surface area contributed by atoms with Gasteiger partial charge in [-0.05, 0) is 18.7 Å². The van der Waals surface area contributed by atoms with E-state index in [4.69, 9.17) is 16.3 Å². The number of benzene rings is 1. The monoisotopic (exact) mass is 366 g/mol. The molecule has 7 heteroatoms. The number of nitrogens with one attached hydrogen (secondary N) is 1. The second-order valence-electron chi connectivity index (χ2n) is 6.66. The summed E-state index contributed by atoms with van der Waals surface area (Å²) in [6, 6.07) is 8.00. The lowest BCUT2D eigenvalue weighted by Crippen LogP contribution is -2.51. The van der Waals surface area contributed by atoms with Crippen LogP contribution in [0.1, 0.15) is 11.6 Å². The van der Waals surface area contributed by atoms with E-state index in [1.165, 1.54) is 0 Å². The summed E-state index contributed by atoms with van der Waals surface area (Å²) in [4.78, 5) is 19.0. The number of hydrogen-bond acceptors (Lipinski definition) is 4. The number of carbonyl (C=O) groups is 1. The first-order valence-electron chi connectivity index (χ1n) is 8.92. The highest BCUT2D eigenvalue weighted by Gasteiger charge is 2.26. The summed E-state index contributed by atoms with van der Waals surface area (Å²) in [6.07, 6.45) is 0. The van der Waals surface area contributed by atoms with Crippen LogP contribution in [-0.4, -0.2) is 86.8 Å². The van der Waals surface area contributed by atoms with Crippen molar-refractivity contribution in [3.05, 3.63) is 34.9 Å². The standard InChI is InChI=1S/C18H27ClN4O2/c1-21-6-8-22(9-7-21)17(15-4-2-3-5-16(15)19)14-20-18(24)23-10-12-25-13-11-23/h2-5,17H,6-14H2,1H3,(H,20,24). The summed E-state index contributed by atoms with van der Waals surface area (Å²) in [6.45, 7) is 7.08. The number of rotatable bonds is 4. The molecule has 0 radical (unpaired) electrons. The zero-order valence-electron chi connectivity index (χ0n) is 14.8. The van der Waals surface area contributed by atoms with E-state index in [0.717, 1.165) is 36.8 Å². The molecule has 2 amide bonds. The number of hydrogen-bond donors (Lipinski definition) is 1. The van der Waals surface area contributed by atoms with Crippen molar-refractivity contribution in [1.82, 2.24) is 20.0 Å². The highest BCUT2D eigenvalue weighted by Crippen LogP contribution is 2.28. The van der Waals surface area contributed by atoms with Gasteiger partial charge in [0.25, 0.3) is 0 Å². The van der Waals surface area contributed by atoms with E-state index in [1.807, 2.05) is 23.1 Å². The zero-order valence-corrected chi connectivity index (χ0v) is 15.5. The second-order valence-corrected chi connectivity index (χ2v) is 7.07. The summed E-state index contributed by atoms with van der Waals surface area (Å²) in [5.74, 6) is 0. The summed E-state index contributed by atoms with van der Waals surface area (Å²) in [5.41, 5.74) is 1.08. The van der Waals surface area contributed by atoms with Crippen LogP contribution >= 0.6 is 11.6 Å². The summed E-state index contributed by atoms with van der Waals surface area (Å²) in [7, 11) is 2.14. The third kappa shape index (κ3) is 4.85. The maximum absolute atomic E-state index is 12.5. The van der Waals surface area contributed by atoms with Crippen molar-refractivity contribution < 1.29 is 9.53 Å². The number of likely N-dealkylation sites (N-methyl/N-ethyl adjacent to an activating group) is 1. The lowest BCUT2D eigenvalue weighted by molar-refractivity contribution is 0.0520. The second kappa shape index (κ2) is 8.85. The van der Waals surface area contributed by atoms with Gasteiger partial charge in [0.1, 0.15) is 0 Å². The average Bonchev–Trinajstić information content (AvgIpc) is 2.65. The number of piperazine rings is 1. The molecule has 1 aromatic carbocycles. The normalized spacial score (nSPS) is 21.1. The fourth-order valence-electron chi connectivity index (χ4n) is 3.38. The van der Waals surface area contributed by atoms with Gasteiger partial charge in [-0.3, -0.25) is 4.90 Å². The average molecular weight is 367 g/mol. The Morgan fingerprint density at radius 3 is 2.52 bits per heavy atom. The minimum Gasteiger partial charge on any atom is -0.378 e. The van der Waals surface area contributed by atoms with Gasteiger partial charge in [0.15, 0.2) is 0 Å². The van der Waals surface area contributed by atoms with Crippen LogP contribution in [0, 0.1) is 0 Å². The number of ether oxygens (including phenoxy) is 1. The van der Waals surface area contributed by atoms with Crippen LogP contribution < -0.4 is 5.32 Å². The third-order valence-electron chi connectivity index (χ3n) is 4.99. The Balaban J connectivity index is 1.68. The first kappa shape index (κ1) is 18.5. The minimum absolute atomic E-state index is 0.0190. The molecule has 2 saturated heterocycles. The molecule has 1 N–H and O–H groups in total. The predicted molar refractivity (Wildman–Crippen MR) is 99.1 cm³/mol. The minimum atomic E-state index is -0.0190. The summed E-state index contributed by atoms with van der Waals surface area (Å²) in [5, 5.41) is 3.86. The molecule has 0 aliphatic carbocycles. The topological polar surface area (TPSA) is 48.0 Å². The molecule has 6 nitrogen and oxygen atoms in total. The lowest BCUT2D eigenvalue weighted by atomic mass is 10.0. The Bertz CT molecular complexity index is 572. The summed E-state index contributed by atoms with van der Waals surface area (Å²) >= 11 is 6.45. The number of morpholine rings is 1. The molecule has 1 unspecified atom stereocenters. The van der Waals surface area contributed by atoms with E-state index in [1.54, 1.807) is 0 Å². The predicted octanol–water partition coefficient (Wildman–Crippen LogP) is 1.67. The highest BCUT2D eigenvalue weighted by atomic mass is 35.5. The molecule has 0 aromatic heterocycles. The molecule has 0 spiro atoms. The first-order valence-corrected chi connectivity index (χ1v) is 9.30. The van der Waals surface area contributed by atoms with Gasteiger partial charge in [-0.2, -0.15) is 0 Å². The molecule has 2 fully saturated rings. The molecule has 1 atom stereocenters. The molecule has 25 heavy (non-hydrogen) atoms. The van der Waals surface area contributed by atoms with Crippen molar-refractivity contribution in [1.29, 1.82) is 0 Å². The Hall–Kier alpha value is -1.34. The molecule has 0 bridgehead atoms. The Morgan fingerprint density at radius 2 is 1.84 bits per heavy atom. The van der Waals surface area contributed by atoms with Crippen molar-refractivity contribution in [2.45, 2.75) is 6.04 Å². The van der Waals surface area contributed by atoms with E-state index < -0.39 is 0 Å². The van der Waals surface area contributed by atoms with E-state index >= 15 is 0 Å². The number of amides is 2. The van der Waals surface area contributed by atoms with Crippen LogP contribution in [0.3, 0.4) is 0 Å². The molecule has 2 aliphatic rings. The largest absolute Gasteiger partial charge is 0.378 e. The summed E-state index contributed by atoms with van der Waals surface area (Å²) < 4.78 is 5.31. The molecule has 1 aromatic rings. The third-order valence-corrected chi connectivity index (χ3v) is 5.33. The Morgan fingerprint density at radius 1 is 1.16 bits per heavy atom. The van der Waals surface area contributed by atoms with Crippen molar-refractivity contribution in [2.24, 2.45) is 0 Å². The number of carbonyl (C=O) groups excluding carboxylic acids is 1. The van der Waals surface area contributed by atoms with Gasteiger partial charge < -0.3 is 19.9 Å². The number of nitrogens with zero attached hydrogens (tertiary/aromatic N) is 3. The van der Waals surface area contributed by atoms with E-state index in [-0.39, 0.29) is 12.1 Å². The highest BCUT2D eigenvalue weighted by molar-refractivity contribution is 6.31. The van der Waals surface area contributed by atoms with Gasteiger partial charge in [0.05, 0.1) is 19.3 Å². The lowest BCUT2D eigenvalue weighted by Gasteiger charge is -2.39. The van der Waals surface area contributed by atoms with Crippen molar-refractivity contribution in [3.63, 3.8) is 0 Å². The Labute approximate surface area is 154 Å². The Kier molecular flexibility index (Phi) is 6.53. The van der Waals surface area contributed by atoms with Gasteiger partial charge in [-0.15, -0.1) is 0 Å². The van der Waals surface area contributed by atoms with E-state index in [0.29, 0.717) is 32.8 Å². The van der Waals surface area contributed by atoms with Crippen LogP contribution in [0.25, 0.3) is 0 Å². The molecule has 2 heterocycles. The van der Waals surface area contributed by atoms with Gasteiger partial charge in [0.2, 0.25) is 0 Å². The zero-order chi connectivity index (χ0) is 17.6. The van der Waals surface area contributed by atoms with Gasteiger partial charge in [-0.25, -0.2) is 4.79 Å². The van der Waals surface area contributed by atoms with Gasteiger partial charge >= 0.3 is 6.03 Å². The molecular weight excluding hydrogens is 340 g/mol. The fourth-order valence-corrected chi connectivity index (χ4v) is 3.64. The van der Waals surface area contributed by atoms with Crippen LogP contribution in [0.5, 0.6) is 0 Å². The smallest absolute Gasteiger partial charge is 0.317 e. The first-order chi connectivity index (χ1) is 12.1. The SMILES string of the molecule is CN1CCN(C(CNC(=O)N2CCOCC2)c2ccccc2Cl)CC1. The van der Waals surface area contributed by atoms with Crippen molar-refractivity contribution in [2.75, 3.05) is 66.1 Å². The molecule has 3 rings (SSSR count). The fraction of sp³-hybridized carbons (Fsp3) is 0.611. The van der Waals surface area contributed by atoms with Crippen molar-refractivity contribution in [3.8, 4) is 0 Å². The van der Waals surface area contributed by atoms with Crippen LogP contribution in [-0.2, 0) is 4.74 Å². The molecule has 138 valence electrons.